The minimum atomic E-state index is -4.46. The van der Waals surface area contributed by atoms with Gasteiger partial charge in [0, 0.05) is 6.54 Å². The van der Waals surface area contributed by atoms with E-state index < -0.39 is 29.7 Å². The molecule has 0 radical (unpaired) electrons. The molecule has 0 unspecified atom stereocenters. The van der Waals surface area contributed by atoms with E-state index in [-0.39, 0.29) is 11.5 Å². The molecule has 112 valence electrons. The lowest BCUT2D eigenvalue weighted by Gasteiger charge is -2.36. The largest absolute Gasteiger partial charge is 0.416 e. The maximum absolute atomic E-state index is 12.8. The van der Waals surface area contributed by atoms with Crippen LogP contribution in [-0.2, 0) is 15.8 Å². The number of piperazine rings is 1. The van der Waals surface area contributed by atoms with Crippen molar-refractivity contribution < 1.29 is 22.8 Å². The predicted octanol–water partition coefficient (Wildman–Crippen LogP) is 1.87. The van der Waals surface area contributed by atoms with Gasteiger partial charge in [-0.1, -0.05) is 12.1 Å². The lowest BCUT2D eigenvalue weighted by Crippen LogP contribution is -2.56. The van der Waals surface area contributed by atoms with E-state index in [1.54, 1.807) is 4.90 Å². The number of halogens is 3. The van der Waals surface area contributed by atoms with Crippen molar-refractivity contribution in [1.82, 2.24) is 10.2 Å². The molecule has 2 aliphatic heterocycles. The van der Waals surface area contributed by atoms with Gasteiger partial charge < -0.3 is 0 Å². The van der Waals surface area contributed by atoms with E-state index in [1.165, 1.54) is 12.1 Å². The molecular formula is C14H13F3N2O2. The molecule has 0 aromatic heterocycles. The van der Waals surface area contributed by atoms with E-state index in [4.69, 9.17) is 0 Å². The van der Waals surface area contributed by atoms with E-state index in [0.717, 1.165) is 18.6 Å². The molecule has 0 aliphatic carbocycles. The zero-order valence-corrected chi connectivity index (χ0v) is 11.0. The summed E-state index contributed by atoms with van der Waals surface area (Å²) in [4.78, 5) is 25.5. The molecule has 1 aromatic carbocycles. The molecule has 2 aliphatic rings. The topological polar surface area (TPSA) is 49.4 Å². The summed E-state index contributed by atoms with van der Waals surface area (Å²) in [6.07, 6.45) is -3.09. The second kappa shape index (κ2) is 4.84. The number of fused-ring (bicyclic) bond motifs is 1. The summed E-state index contributed by atoms with van der Waals surface area (Å²) < 4.78 is 38.4. The molecule has 0 bridgehead atoms. The van der Waals surface area contributed by atoms with Crippen molar-refractivity contribution in [2.75, 3.05) is 6.54 Å². The van der Waals surface area contributed by atoms with Gasteiger partial charge in [0.2, 0.25) is 11.8 Å². The molecule has 2 atom stereocenters. The number of hydrogen-bond donors (Lipinski definition) is 1. The van der Waals surface area contributed by atoms with E-state index in [9.17, 15) is 22.8 Å². The van der Waals surface area contributed by atoms with Crippen molar-refractivity contribution in [1.29, 1.82) is 0 Å². The molecule has 0 spiro atoms. The Morgan fingerprint density at radius 2 is 1.95 bits per heavy atom. The number of alkyl halides is 3. The van der Waals surface area contributed by atoms with Crippen molar-refractivity contribution in [3.8, 4) is 0 Å². The fourth-order valence-corrected chi connectivity index (χ4v) is 3.03. The van der Waals surface area contributed by atoms with Crippen LogP contribution in [-0.4, -0.2) is 29.3 Å². The highest BCUT2D eigenvalue weighted by Gasteiger charge is 2.45. The van der Waals surface area contributed by atoms with Crippen LogP contribution in [0.3, 0.4) is 0 Å². The first-order valence-corrected chi connectivity index (χ1v) is 6.65. The summed E-state index contributed by atoms with van der Waals surface area (Å²) in [7, 11) is 0. The van der Waals surface area contributed by atoms with Gasteiger partial charge in [-0.3, -0.25) is 19.8 Å². The second-order valence-electron chi connectivity index (χ2n) is 5.28. The van der Waals surface area contributed by atoms with Crippen molar-refractivity contribution in [3.63, 3.8) is 0 Å². The molecule has 7 heteroatoms. The van der Waals surface area contributed by atoms with E-state index in [1.807, 2.05) is 0 Å². The molecule has 21 heavy (non-hydrogen) atoms. The number of rotatable bonds is 1. The van der Waals surface area contributed by atoms with Gasteiger partial charge in [-0.15, -0.1) is 0 Å². The first-order valence-electron chi connectivity index (χ1n) is 6.65. The molecule has 2 heterocycles. The lowest BCUT2D eigenvalue weighted by atomic mass is 9.98. The number of nitrogens with zero attached hydrogens (tertiary/aromatic N) is 1. The van der Waals surface area contributed by atoms with Crippen molar-refractivity contribution >= 4 is 11.8 Å². The van der Waals surface area contributed by atoms with Crippen LogP contribution >= 0.6 is 0 Å². The number of nitrogens with one attached hydrogen (secondary N) is 1. The molecule has 4 nitrogen and oxygen atoms in total. The highest BCUT2D eigenvalue weighted by molar-refractivity contribution is 6.03. The van der Waals surface area contributed by atoms with Crippen molar-refractivity contribution in [2.45, 2.75) is 31.1 Å². The SMILES string of the molecule is O=C1NC(=O)[C@@H]2CCCN2[C@H]1c1cccc(C(F)(F)F)c1. The minimum absolute atomic E-state index is 0.265. The van der Waals surface area contributed by atoms with Crippen molar-refractivity contribution in [2.24, 2.45) is 0 Å². The molecule has 2 saturated heterocycles. The maximum Gasteiger partial charge on any atom is 0.416 e. The van der Waals surface area contributed by atoms with Crippen LogP contribution in [0.25, 0.3) is 0 Å². The van der Waals surface area contributed by atoms with E-state index in [2.05, 4.69) is 5.32 Å². The summed E-state index contributed by atoms with van der Waals surface area (Å²) in [6, 6.07) is 3.46. The van der Waals surface area contributed by atoms with Gasteiger partial charge in [-0.25, -0.2) is 0 Å². The Kier molecular flexibility index (Phi) is 3.24. The van der Waals surface area contributed by atoms with Crippen LogP contribution in [0.5, 0.6) is 0 Å². The third kappa shape index (κ3) is 2.42. The summed E-state index contributed by atoms with van der Waals surface area (Å²) in [5.41, 5.74) is -0.526. The first-order chi connectivity index (χ1) is 9.88. The predicted molar refractivity (Wildman–Crippen MR) is 67.1 cm³/mol. The number of carbonyl (C=O) groups is 2. The molecule has 2 fully saturated rings. The summed E-state index contributed by atoms with van der Waals surface area (Å²) in [5.74, 6) is -0.918. The Labute approximate surface area is 118 Å². The van der Waals surface area contributed by atoms with Gasteiger partial charge in [0.15, 0.2) is 0 Å². The van der Waals surface area contributed by atoms with Gasteiger partial charge in [-0.2, -0.15) is 13.2 Å². The van der Waals surface area contributed by atoms with Gasteiger partial charge >= 0.3 is 6.18 Å². The Balaban J connectivity index is 1.99. The third-order valence-corrected chi connectivity index (χ3v) is 3.95. The van der Waals surface area contributed by atoms with E-state index in [0.29, 0.717) is 13.0 Å². The van der Waals surface area contributed by atoms with Crippen molar-refractivity contribution in [3.05, 3.63) is 35.4 Å². The number of imide groups is 1. The third-order valence-electron chi connectivity index (χ3n) is 3.95. The van der Waals surface area contributed by atoms with Crippen LogP contribution < -0.4 is 5.32 Å². The average molecular weight is 298 g/mol. The van der Waals surface area contributed by atoms with Crippen LogP contribution in [0.1, 0.15) is 30.0 Å². The number of amides is 2. The Morgan fingerprint density at radius 3 is 2.67 bits per heavy atom. The van der Waals surface area contributed by atoms with Crippen LogP contribution in [0, 0.1) is 0 Å². The smallest absolute Gasteiger partial charge is 0.293 e. The molecular weight excluding hydrogens is 285 g/mol. The zero-order chi connectivity index (χ0) is 15.2. The number of hydrogen-bond acceptors (Lipinski definition) is 3. The number of benzene rings is 1. The number of carbonyl (C=O) groups excluding carboxylic acids is 2. The molecule has 1 aromatic rings. The molecule has 3 rings (SSSR count). The summed E-state index contributed by atoms with van der Waals surface area (Å²) in [6.45, 7) is 0.532. The van der Waals surface area contributed by atoms with Gasteiger partial charge in [0.1, 0.15) is 6.04 Å². The highest BCUT2D eigenvalue weighted by Crippen LogP contribution is 2.35. The fraction of sp³-hybridized carbons (Fsp3) is 0.429. The lowest BCUT2D eigenvalue weighted by molar-refractivity contribution is -0.144. The normalized spacial score (nSPS) is 26.6. The van der Waals surface area contributed by atoms with Gasteiger partial charge in [0.05, 0.1) is 11.6 Å². The van der Waals surface area contributed by atoms with Crippen LogP contribution in [0.4, 0.5) is 13.2 Å². The molecule has 0 saturated carbocycles. The molecule has 1 N–H and O–H groups in total. The average Bonchev–Trinajstić information content (AvgIpc) is 2.87. The summed E-state index contributed by atoms with van der Waals surface area (Å²) >= 11 is 0. The van der Waals surface area contributed by atoms with Gasteiger partial charge in [-0.05, 0) is 30.5 Å². The monoisotopic (exact) mass is 298 g/mol. The minimum Gasteiger partial charge on any atom is -0.293 e. The first kappa shape index (κ1) is 14.1. The highest BCUT2D eigenvalue weighted by atomic mass is 19.4. The Hall–Kier alpha value is -1.89. The van der Waals surface area contributed by atoms with E-state index >= 15 is 0 Å². The molecule has 2 amide bonds. The van der Waals surface area contributed by atoms with Crippen LogP contribution in [0.15, 0.2) is 24.3 Å². The Morgan fingerprint density at radius 1 is 1.19 bits per heavy atom. The van der Waals surface area contributed by atoms with Crippen LogP contribution in [0.2, 0.25) is 0 Å². The standard InChI is InChI=1S/C14H13F3N2O2/c15-14(16,17)9-4-1-3-8(7-9)11-13(21)18-12(20)10-5-2-6-19(10)11/h1,3-4,7,10-11H,2,5-6H2,(H,18,20,21)/t10-,11-/m0/s1. The zero-order valence-electron chi connectivity index (χ0n) is 11.0. The second-order valence-corrected chi connectivity index (χ2v) is 5.28. The Bertz CT molecular complexity index is 600. The maximum atomic E-state index is 12.8. The quantitative estimate of drug-likeness (QED) is 0.805. The fourth-order valence-electron chi connectivity index (χ4n) is 3.03. The summed E-state index contributed by atoms with van der Waals surface area (Å²) in [5, 5.41) is 2.26. The van der Waals surface area contributed by atoms with Gasteiger partial charge in [0.25, 0.3) is 0 Å².